The van der Waals surface area contributed by atoms with Gasteiger partial charge in [0.15, 0.2) is 5.16 Å². The summed E-state index contributed by atoms with van der Waals surface area (Å²) >= 11 is 1.05. The Morgan fingerprint density at radius 2 is 2.35 bits per heavy atom. The van der Waals surface area contributed by atoms with E-state index >= 15 is 0 Å². The molecular weight excluding hydrogens is 366 g/mol. The molecule has 140 valence electrons. The maximum absolute atomic E-state index is 13.7. The van der Waals surface area contributed by atoms with E-state index in [9.17, 15) is 18.4 Å². The number of benzene rings is 1. The Bertz CT molecular complexity index is 848. The molecule has 1 amide bonds. The van der Waals surface area contributed by atoms with Crippen molar-refractivity contribution in [2.24, 2.45) is 0 Å². The van der Waals surface area contributed by atoms with Crippen LogP contribution in [0.4, 0.5) is 14.5 Å². The molecule has 1 aromatic carbocycles. The Balaban J connectivity index is 1.67. The van der Waals surface area contributed by atoms with Gasteiger partial charge in [0, 0.05) is 12.7 Å². The second-order valence-electron chi connectivity index (χ2n) is 5.93. The van der Waals surface area contributed by atoms with Crippen LogP contribution in [0, 0.1) is 11.6 Å². The standard InChI is InChI=1S/C16H18F2N4O3S/c1-9(14(23)19-13-7-10(17)4-5-12(13)18)26-16-21-20-15(24)22(16)8-11-3-2-6-25-11/h4-5,7,9,11H,2-3,6,8H2,1H3,(H,19,23)(H,20,24). The predicted octanol–water partition coefficient (Wildman–Crippen LogP) is 2.15. The molecule has 1 aliphatic rings. The Kier molecular flexibility index (Phi) is 5.72. The molecule has 26 heavy (non-hydrogen) atoms. The molecule has 1 fully saturated rings. The van der Waals surface area contributed by atoms with Gasteiger partial charge in [0.25, 0.3) is 0 Å². The van der Waals surface area contributed by atoms with Crippen molar-refractivity contribution in [3.8, 4) is 0 Å². The van der Waals surface area contributed by atoms with Gasteiger partial charge in [-0.15, -0.1) is 5.10 Å². The SMILES string of the molecule is CC(Sc1n[nH]c(=O)n1CC1CCCO1)C(=O)Nc1cc(F)ccc1F. The topological polar surface area (TPSA) is 89.0 Å². The highest BCUT2D eigenvalue weighted by Crippen LogP contribution is 2.24. The lowest BCUT2D eigenvalue weighted by molar-refractivity contribution is -0.115. The van der Waals surface area contributed by atoms with E-state index in [1.54, 1.807) is 6.92 Å². The third-order valence-corrected chi connectivity index (χ3v) is 5.06. The number of carbonyl (C=O) groups is 1. The molecule has 0 bridgehead atoms. The van der Waals surface area contributed by atoms with Gasteiger partial charge in [-0.2, -0.15) is 0 Å². The summed E-state index contributed by atoms with van der Waals surface area (Å²) in [6.07, 6.45) is 1.74. The number of ether oxygens (including phenoxy) is 1. The minimum atomic E-state index is -0.730. The first-order valence-electron chi connectivity index (χ1n) is 8.13. The number of H-pyrrole nitrogens is 1. The highest BCUT2D eigenvalue weighted by molar-refractivity contribution is 8.00. The maximum Gasteiger partial charge on any atom is 0.344 e. The van der Waals surface area contributed by atoms with E-state index < -0.39 is 22.8 Å². The van der Waals surface area contributed by atoms with Crippen LogP contribution in [-0.2, 0) is 16.1 Å². The Morgan fingerprint density at radius 3 is 3.08 bits per heavy atom. The third kappa shape index (κ3) is 4.31. The van der Waals surface area contributed by atoms with Crippen molar-refractivity contribution in [1.82, 2.24) is 14.8 Å². The average molecular weight is 384 g/mol. The van der Waals surface area contributed by atoms with Gasteiger partial charge < -0.3 is 10.1 Å². The second kappa shape index (κ2) is 8.00. The summed E-state index contributed by atoms with van der Waals surface area (Å²) in [5, 5.41) is 8.30. The molecule has 0 radical (unpaired) electrons. The summed E-state index contributed by atoms with van der Waals surface area (Å²) in [4.78, 5) is 24.2. The molecule has 7 nitrogen and oxygen atoms in total. The fourth-order valence-corrected chi connectivity index (χ4v) is 3.45. The van der Waals surface area contributed by atoms with E-state index in [4.69, 9.17) is 4.74 Å². The molecule has 0 spiro atoms. The van der Waals surface area contributed by atoms with Crippen LogP contribution < -0.4 is 11.0 Å². The Hall–Kier alpha value is -2.20. The largest absolute Gasteiger partial charge is 0.376 e. The van der Waals surface area contributed by atoms with Crippen molar-refractivity contribution in [3.05, 3.63) is 40.3 Å². The first-order valence-corrected chi connectivity index (χ1v) is 9.01. The van der Waals surface area contributed by atoms with E-state index in [-0.39, 0.29) is 17.5 Å². The molecule has 0 saturated carbocycles. The first kappa shape index (κ1) is 18.6. The molecule has 3 rings (SSSR count). The minimum Gasteiger partial charge on any atom is -0.376 e. The Morgan fingerprint density at radius 1 is 1.54 bits per heavy atom. The van der Waals surface area contributed by atoms with Gasteiger partial charge in [0.05, 0.1) is 23.6 Å². The van der Waals surface area contributed by atoms with Crippen LogP contribution in [0.2, 0.25) is 0 Å². The first-order chi connectivity index (χ1) is 12.4. The number of hydrogen-bond acceptors (Lipinski definition) is 5. The summed E-state index contributed by atoms with van der Waals surface area (Å²) in [5.41, 5.74) is -0.618. The van der Waals surface area contributed by atoms with Crippen molar-refractivity contribution >= 4 is 23.4 Å². The van der Waals surface area contributed by atoms with E-state index in [2.05, 4.69) is 15.5 Å². The van der Waals surface area contributed by atoms with Crippen LogP contribution in [0.25, 0.3) is 0 Å². The zero-order chi connectivity index (χ0) is 18.7. The molecule has 1 saturated heterocycles. The summed E-state index contributed by atoms with van der Waals surface area (Å²) in [6, 6.07) is 2.82. The molecule has 2 N–H and O–H groups in total. The van der Waals surface area contributed by atoms with Crippen LogP contribution in [0.5, 0.6) is 0 Å². The molecule has 2 unspecified atom stereocenters. The molecule has 1 aromatic heterocycles. The van der Waals surface area contributed by atoms with Gasteiger partial charge in [0.1, 0.15) is 11.6 Å². The van der Waals surface area contributed by atoms with E-state index in [1.807, 2.05) is 0 Å². The van der Waals surface area contributed by atoms with E-state index in [0.717, 1.165) is 42.8 Å². The smallest absolute Gasteiger partial charge is 0.344 e. The summed E-state index contributed by atoms with van der Waals surface area (Å²) in [5.74, 6) is -1.91. The Labute approximate surface area is 152 Å². The quantitative estimate of drug-likeness (QED) is 0.745. The number of hydrogen-bond donors (Lipinski definition) is 2. The number of anilines is 1. The summed E-state index contributed by atoms with van der Waals surface area (Å²) in [7, 11) is 0. The van der Waals surface area contributed by atoms with Gasteiger partial charge in [-0.25, -0.2) is 18.7 Å². The van der Waals surface area contributed by atoms with Gasteiger partial charge in [-0.05, 0) is 31.9 Å². The lowest BCUT2D eigenvalue weighted by Gasteiger charge is -2.14. The number of thioether (sulfide) groups is 1. The van der Waals surface area contributed by atoms with Crippen molar-refractivity contribution < 1.29 is 18.3 Å². The predicted molar refractivity (Wildman–Crippen MR) is 92.1 cm³/mol. The normalized spacial score (nSPS) is 18.0. The lowest BCUT2D eigenvalue weighted by Crippen LogP contribution is -2.27. The molecule has 0 aliphatic carbocycles. The van der Waals surface area contributed by atoms with Crippen LogP contribution in [0.1, 0.15) is 19.8 Å². The minimum absolute atomic E-state index is 0.0600. The summed E-state index contributed by atoms with van der Waals surface area (Å²) in [6.45, 7) is 2.61. The zero-order valence-corrected chi connectivity index (χ0v) is 14.8. The van der Waals surface area contributed by atoms with E-state index in [1.165, 1.54) is 4.57 Å². The molecule has 1 aliphatic heterocycles. The third-order valence-electron chi connectivity index (χ3n) is 3.97. The molecular formula is C16H18F2N4O3S. The van der Waals surface area contributed by atoms with Gasteiger partial charge in [-0.3, -0.25) is 9.36 Å². The molecule has 2 aromatic rings. The maximum atomic E-state index is 13.7. The number of rotatable bonds is 6. The average Bonchev–Trinajstić information content (AvgIpc) is 3.23. The number of carbonyl (C=O) groups excluding carboxylic acids is 1. The number of aromatic nitrogens is 3. The van der Waals surface area contributed by atoms with Crippen LogP contribution >= 0.6 is 11.8 Å². The highest BCUT2D eigenvalue weighted by Gasteiger charge is 2.23. The van der Waals surface area contributed by atoms with Crippen molar-refractivity contribution in [2.45, 2.75) is 42.8 Å². The lowest BCUT2D eigenvalue weighted by atomic mass is 10.2. The van der Waals surface area contributed by atoms with Gasteiger partial charge >= 0.3 is 5.69 Å². The number of aromatic amines is 1. The van der Waals surface area contributed by atoms with Crippen molar-refractivity contribution in [2.75, 3.05) is 11.9 Å². The molecule has 10 heteroatoms. The number of amides is 1. The number of nitrogens with zero attached hydrogens (tertiary/aromatic N) is 2. The van der Waals surface area contributed by atoms with Crippen molar-refractivity contribution in [1.29, 1.82) is 0 Å². The molecule has 2 heterocycles. The molecule has 2 atom stereocenters. The van der Waals surface area contributed by atoms with Crippen molar-refractivity contribution in [3.63, 3.8) is 0 Å². The fraction of sp³-hybridized carbons (Fsp3) is 0.438. The number of halogens is 2. The second-order valence-corrected chi connectivity index (χ2v) is 7.24. The summed E-state index contributed by atoms with van der Waals surface area (Å²) < 4.78 is 33.8. The monoisotopic (exact) mass is 384 g/mol. The van der Waals surface area contributed by atoms with Crippen LogP contribution in [0.15, 0.2) is 28.2 Å². The highest BCUT2D eigenvalue weighted by atomic mass is 32.2. The van der Waals surface area contributed by atoms with Gasteiger partial charge in [-0.1, -0.05) is 11.8 Å². The zero-order valence-electron chi connectivity index (χ0n) is 14.0. The van der Waals surface area contributed by atoms with E-state index in [0.29, 0.717) is 18.3 Å². The fourth-order valence-electron chi connectivity index (χ4n) is 2.59. The van der Waals surface area contributed by atoms with Crippen LogP contribution in [-0.4, -0.2) is 38.6 Å². The number of nitrogens with one attached hydrogen (secondary N) is 2. The van der Waals surface area contributed by atoms with Gasteiger partial charge in [0.2, 0.25) is 5.91 Å². The van der Waals surface area contributed by atoms with Crippen LogP contribution in [0.3, 0.4) is 0 Å².